The van der Waals surface area contributed by atoms with Gasteiger partial charge >= 0.3 is 5.97 Å². The van der Waals surface area contributed by atoms with E-state index in [4.69, 9.17) is 4.74 Å². The van der Waals surface area contributed by atoms with Gasteiger partial charge in [-0.1, -0.05) is 29.8 Å². The number of esters is 1. The highest BCUT2D eigenvalue weighted by Crippen LogP contribution is 2.44. The topological polar surface area (TPSA) is 60.3 Å². The van der Waals surface area contributed by atoms with Gasteiger partial charge in [0.25, 0.3) is 0 Å². The summed E-state index contributed by atoms with van der Waals surface area (Å²) in [6.07, 6.45) is 4.37. The van der Waals surface area contributed by atoms with Crippen molar-refractivity contribution >= 4 is 39.1 Å². The van der Waals surface area contributed by atoms with Crippen molar-refractivity contribution in [1.82, 2.24) is 4.57 Å². The summed E-state index contributed by atoms with van der Waals surface area (Å²) in [6, 6.07) is 8.33. The summed E-state index contributed by atoms with van der Waals surface area (Å²) in [7, 11) is 0. The average Bonchev–Trinajstić information content (AvgIpc) is 3.19. The normalized spacial score (nSPS) is 13.3. The van der Waals surface area contributed by atoms with Gasteiger partial charge in [-0.25, -0.2) is 4.79 Å². The number of rotatable bonds is 5. The van der Waals surface area contributed by atoms with Gasteiger partial charge in [0, 0.05) is 23.7 Å². The monoisotopic (exact) mass is 410 g/mol. The second-order valence-corrected chi connectivity index (χ2v) is 8.67. The van der Waals surface area contributed by atoms with Crippen LogP contribution in [0.1, 0.15) is 58.7 Å². The summed E-state index contributed by atoms with van der Waals surface area (Å²) in [5.41, 5.74) is 4.64. The summed E-state index contributed by atoms with van der Waals surface area (Å²) in [5, 5.41) is 3.98. The zero-order chi connectivity index (χ0) is 20.5. The van der Waals surface area contributed by atoms with Crippen LogP contribution in [0, 0.1) is 6.92 Å². The Morgan fingerprint density at radius 3 is 2.59 bits per heavy atom. The van der Waals surface area contributed by atoms with Crippen molar-refractivity contribution in [2.45, 2.75) is 53.0 Å². The summed E-state index contributed by atoms with van der Waals surface area (Å²) < 4.78 is 7.42. The molecule has 1 amide bonds. The molecule has 29 heavy (non-hydrogen) atoms. The molecular weight excluding hydrogens is 384 g/mol. The van der Waals surface area contributed by atoms with Crippen molar-refractivity contribution < 1.29 is 14.3 Å². The van der Waals surface area contributed by atoms with Crippen LogP contribution in [0.25, 0.3) is 10.2 Å². The number of fused-ring (bicyclic) bond motifs is 3. The van der Waals surface area contributed by atoms with Crippen LogP contribution in [-0.2, 0) is 28.9 Å². The van der Waals surface area contributed by atoms with Crippen LogP contribution >= 0.6 is 11.3 Å². The molecule has 5 nitrogen and oxygen atoms in total. The number of carbonyl (C=O) groups is 2. The van der Waals surface area contributed by atoms with Gasteiger partial charge in [0.05, 0.1) is 12.3 Å². The zero-order valence-corrected chi connectivity index (χ0v) is 17.9. The third kappa shape index (κ3) is 3.69. The smallest absolute Gasteiger partial charge is 0.357 e. The molecule has 1 aliphatic carbocycles. The van der Waals surface area contributed by atoms with Crippen LogP contribution < -0.4 is 5.32 Å². The number of nitrogens with one attached hydrogen (secondary N) is 1. The van der Waals surface area contributed by atoms with Crippen molar-refractivity contribution in [1.29, 1.82) is 0 Å². The first-order valence-electron chi connectivity index (χ1n) is 10.2. The largest absolute Gasteiger partial charge is 0.461 e. The fraction of sp³-hybridized carbons (Fsp3) is 0.391. The van der Waals surface area contributed by atoms with Gasteiger partial charge in [0.2, 0.25) is 5.91 Å². The fourth-order valence-corrected chi connectivity index (χ4v) is 5.49. The van der Waals surface area contributed by atoms with E-state index in [0.29, 0.717) is 24.5 Å². The second kappa shape index (κ2) is 8.03. The van der Waals surface area contributed by atoms with E-state index in [1.165, 1.54) is 29.3 Å². The molecule has 1 N–H and O–H groups in total. The Labute approximate surface area is 174 Å². The zero-order valence-electron chi connectivity index (χ0n) is 17.1. The van der Waals surface area contributed by atoms with Gasteiger partial charge in [-0.3, -0.25) is 4.79 Å². The number of anilines is 1. The predicted molar refractivity (Wildman–Crippen MR) is 117 cm³/mol. The first-order valence-corrected chi connectivity index (χ1v) is 11.0. The molecule has 4 rings (SSSR count). The van der Waals surface area contributed by atoms with Crippen LogP contribution in [-0.4, -0.2) is 23.1 Å². The highest BCUT2D eigenvalue weighted by molar-refractivity contribution is 7.19. The van der Waals surface area contributed by atoms with Gasteiger partial charge in [-0.15, -0.1) is 11.3 Å². The Kier molecular flexibility index (Phi) is 5.46. The maximum Gasteiger partial charge on any atom is 0.357 e. The molecule has 0 spiro atoms. The van der Waals surface area contributed by atoms with Crippen molar-refractivity contribution in [3.05, 3.63) is 51.5 Å². The van der Waals surface area contributed by atoms with Gasteiger partial charge in [-0.05, 0) is 50.7 Å². The van der Waals surface area contributed by atoms with E-state index in [0.717, 1.165) is 35.0 Å². The quantitative estimate of drug-likeness (QED) is 0.597. The minimum atomic E-state index is -0.392. The number of thiophene rings is 1. The van der Waals surface area contributed by atoms with Crippen molar-refractivity contribution in [2.75, 3.05) is 11.9 Å². The van der Waals surface area contributed by atoms with Crippen LogP contribution in [0.4, 0.5) is 5.69 Å². The molecule has 0 aliphatic heterocycles. The minimum Gasteiger partial charge on any atom is -0.461 e. The molecule has 3 aromatic rings. The predicted octanol–water partition coefficient (Wildman–Crippen LogP) is 5.07. The van der Waals surface area contributed by atoms with Crippen LogP contribution in [0.2, 0.25) is 0 Å². The molecule has 1 aromatic carbocycles. The molecular formula is C23H26N2O3S. The summed E-state index contributed by atoms with van der Waals surface area (Å²) in [5.74, 6) is -0.572. The standard InChI is InChI=1S/C23H26N2O3S/c1-4-28-23(27)21-20(24-15(3)26)19-17-7-5-6-8-18(17)29-22(19)25(21)13-16-11-9-14(2)10-12-16/h9-12H,4-8,13H2,1-3H3,(H,24,26). The molecule has 152 valence electrons. The summed E-state index contributed by atoms with van der Waals surface area (Å²) >= 11 is 1.75. The van der Waals surface area contributed by atoms with E-state index in [2.05, 4.69) is 36.5 Å². The Balaban J connectivity index is 1.95. The number of nitrogens with zero attached hydrogens (tertiary/aromatic N) is 1. The van der Waals surface area contributed by atoms with Crippen molar-refractivity contribution in [3.63, 3.8) is 0 Å². The second-order valence-electron chi connectivity index (χ2n) is 7.59. The van der Waals surface area contributed by atoms with Gasteiger partial charge in [-0.2, -0.15) is 0 Å². The van der Waals surface area contributed by atoms with Gasteiger partial charge < -0.3 is 14.6 Å². The van der Waals surface area contributed by atoms with E-state index in [-0.39, 0.29) is 5.91 Å². The van der Waals surface area contributed by atoms with Crippen molar-refractivity contribution in [2.24, 2.45) is 0 Å². The molecule has 0 saturated heterocycles. The van der Waals surface area contributed by atoms with Crippen LogP contribution in [0.3, 0.4) is 0 Å². The number of carbonyl (C=O) groups excluding carboxylic acids is 2. The summed E-state index contributed by atoms with van der Waals surface area (Å²) in [4.78, 5) is 27.4. The average molecular weight is 411 g/mol. The Bertz CT molecular complexity index is 1080. The summed E-state index contributed by atoms with van der Waals surface area (Å²) in [6.45, 7) is 6.19. The Morgan fingerprint density at radius 1 is 1.17 bits per heavy atom. The third-order valence-corrected chi connectivity index (χ3v) is 6.70. The molecule has 0 radical (unpaired) electrons. The van der Waals surface area contributed by atoms with Crippen LogP contribution in [0.5, 0.6) is 0 Å². The molecule has 0 fully saturated rings. The molecule has 0 bridgehead atoms. The van der Waals surface area contributed by atoms with E-state index in [1.54, 1.807) is 18.3 Å². The molecule has 1 aliphatic rings. The minimum absolute atomic E-state index is 0.180. The van der Waals surface area contributed by atoms with E-state index in [1.807, 2.05) is 4.57 Å². The number of aromatic nitrogens is 1. The fourth-order valence-electron chi connectivity index (χ4n) is 4.09. The lowest BCUT2D eigenvalue weighted by Gasteiger charge is -2.14. The maximum atomic E-state index is 13.0. The van der Waals surface area contributed by atoms with E-state index >= 15 is 0 Å². The van der Waals surface area contributed by atoms with Gasteiger partial charge in [0.1, 0.15) is 4.83 Å². The Hall–Kier alpha value is -2.60. The van der Waals surface area contributed by atoms with E-state index in [9.17, 15) is 9.59 Å². The van der Waals surface area contributed by atoms with Crippen LogP contribution in [0.15, 0.2) is 24.3 Å². The first-order chi connectivity index (χ1) is 14.0. The number of benzene rings is 1. The molecule has 0 atom stereocenters. The lowest BCUT2D eigenvalue weighted by molar-refractivity contribution is -0.114. The lowest BCUT2D eigenvalue weighted by Crippen LogP contribution is -2.17. The van der Waals surface area contributed by atoms with E-state index < -0.39 is 5.97 Å². The third-order valence-electron chi connectivity index (χ3n) is 5.39. The molecule has 2 heterocycles. The highest BCUT2D eigenvalue weighted by atomic mass is 32.1. The number of aryl methyl sites for hydroxylation is 3. The Morgan fingerprint density at radius 2 is 1.90 bits per heavy atom. The first kappa shape index (κ1) is 19.7. The highest BCUT2D eigenvalue weighted by Gasteiger charge is 2.30. The number of hydrogen-bond acceptors (Lipinski definition) is 4. The maximum absolute atomic E-state index is 13.0. The molecule has 0 unspecified atom stereocenters. The molecule has 0 saturated carbocycles. The lowest BCUT2D eigenvalue weighted by atomic mass is 9.96. The SMILES string of the molecule is CCOC(=O)c1c(NC(C)=O)c2c3c(sc2n1Cc1ccc(C)cc1)CCCC3. The van der Waals surface area contributed by atoms with Gasteiger partial charge in [0.15, 0.2) is 5.69 Å². The molecule has 6 heteroatoms. The molecule has 2 aromatic heterocycles. The number of ether oxygens (including phenoxy) is 1. The number of hydrogen-bond donors (Lipinski definition) is 1. The van der Waals surface area contributed by atoms with Crippen molar-refractivity contribution in [3.8, 4) is 0 Å². The number of amides is 1.